The Balaban J connectivity index is 1.76. The van der Waals surface area contributed by atoms with Crippen LogP contribution in [0, 0.1) is 6.92 Å². The van der Waals surface area contributed by atoms with E-state index in [2.05, 4.69) is 30.0 Å². The maximum Gasteiger partial charge on any atom is 0.199 e. The summed E-state index contributed by atoms with van der Waals surface area (Å²) in [5.41, 5.74) is 4.93. The van der Waals surface area contributed by atoms with Crippen molar-refractivity contribution in [3.05, 3.63) is 76.5 Å². The third-order valence-electron chi connectivity index (χ3n) is 4.58. The highest BCUT2D eigenvalue weighted by molar-refractivity contribution is 6.39. The molecule has 0 aromatic heterocycles. The minimum Gasteiger partial charge on any atom is -0.347 e. The molecule has 3 heteroatoms. The molecule has 0 atom stereocenters. The minimum absolute atomic E-state index is 0.162. The number of fused-ring (bicyclic) bond motifs is 2. The van der Waals surface area contributed by atoms with E-state index in [-0.39, 0.29) is 17.1 Å². The van der Waals surface area contributed by atoms with E-state index in [1.807, 2.05) is 0 Å². The van der Waals surface area contributed by atoms with Crippen LogP contribution in [0.25, 0.3) is 0 Å². The summed E-state index contributed by atoms with van der Waals surface area (Å²) in [5.74, 6) is -0.324. The van der Waals surface area contributed by atoms with Gasteiger partial charge in [0.15, 0.2) is 11.6 Å². The van der Waals surface area contributed by atoms with Crippen molar-refractivity contribution in [2.45, 2.75) is 19.8 Å². The number of benzene rings is 2. The largest absolute Gasteiger partial charge is 0.347 e. The third-order valence-corrected chi connectivity index (χ3v) is 4.58. The average Bonchev–Trinajstić information content (AvgIpc) is 2.80. The fourth-order valence-corrected chi connectivity index (χ4v) is 3.43. The molecule has 23 heavy (non-hydrogen) atoms. The summed E-state index contributed by atoms with van der Waals surface area (Å²) >= 11 is 0. The second-order valence-corrected chi connectivity index (χ2v) is 6.18. The van der Waals surface area contributed by atoms with Crippen molar-refractivity contribution in [3.8, 4) is 0 Å². The number of anilines is 1. The second-order valence-electron chi connectivity index (χ2n) is 6.18. The Morgan fingerprint density at radius 3 is 2.39 bits per heavy atom. The molecule has 2 aliphatic rings. The zero-order valence-corrected chi connectivity index (χ0v) is 13.0. The Kier molecular flexibility index (Phi) is 3.15. The number of hydrogen-bond acceptors (Lipinski definition) is 3. The van der Waals surface area contributed by atoms with E-state index in [1.165, 1.54) is 11.1 Å². The van der Waals surface area contributed by atoms with Gasteiger partial charge in [0.05, 0.1) is 5.57 Å². The lowest BCUT2D eigenvalue weighted by Crippen LogP contribution is -2.25. The standard InChI is InChI=1S/C20H17NO2/c1-13-8-9-18-14(11-13)5-4-10-21(18)12-17-19(22)15-6-2-3-7-16(15)20(17)23/h2-3,6-9,11-12H,4-5,10H2,1H3. The lowest BCUT2D eigenvalue weighted by atomic mass is 9.99. The predicted molar refractivity (Wildman–Crippen MR) is 90.0 cm³/mol. The van der Waals surface area contributed by atoms with Gasteiger partial charge in [-0.2, -0.15) is 0 Å². The molecular weight excluding hydrogens is 286 g/mol. The maximum atomic E-state index is 12.5. The number of nitrogens with zero attached hydrogens (tertiary/aromatic N) is 1. The molecule has 114 valence electrons. The molecule has 1 heterocycles. The monoisotopic (exact) mass is 303 g/mol. The number of ketones is 2. The van der Waals surface area contributed by atoms with E-state index in [0.717, 1.165) is 25.1 Å². The highest BCUT2D eigenvalue weighted by atomic mass is 16.2. The normalized spacial score (nSPS) is 16.4. The summed E-state index contributed by atoms with van der Waals surface area (Å²) < 4.78 is 0. The highest BCUT2D eigenvalue weighted by Crippen LogP contribution is 2.31. The van der Waals surface area contributed by atoms with Crippen LogP contribution in [-0.4, -0.2) is 18.1 Å². The number of carbonyl (C=O) groups excluding carboxylic acids is 2. The Morgan fingerprint density at radius 1 is 1.00 bits per heavy atom. The summed E-state index contributed by atoms with van der Waals surface area (Å²) in [5, 5.41) is 0. The third kappa shape index (κ3) is 2.20. The fourth-order valence-electron chi connectivity index (χ4n) is 3.43. The molecule has 0 spiro atoms. The van der Waals surface area contributed by atoms with Crippen LogP contribution in [0.3, 0.4) is 0 Å². The quantitative estimate of drug-likeness (QED) is 0.595. The molecule has 0 unspecified atom stereocenters. The van der Waals surface area contributed by atoms with Crippen LogP contribution in [-0.2, 0) is 6.42 Å². The summed E-state index contributed by atoms with van der Waals surface area (Å²) in [6, 6.07) is 13.4. The van der Waals surface area contributed by atoms with Crippen LogP contribution >= 0.6 is 0 Å². The first-order valence-electron chi connectivity index (χ1n) is 7.91. The Hall–Kier alpha value is -2.68. The highest BCUT2D eigenvalue weighted by Gasteiger charge is 2.33. The van der Waals surface area contributed by atoms with E-state index in [1.54, 1.807) is 30.5 Å². The van der Waals surface area contributed by atoms with Gasteiger partial charge in [-0.05, 0) is 31.4 Å². The lowest BCUT2D eigenvalue weighted by Gasteiger charge is -2.29. The van der Waals surface area contributed by atoms with Crippen molar-refractivity contribution in [2.24, 2.45) is 0 Å². The predicted octanol–water partition coefficient (Wildman–Crippen LogP) is 3.71. The van der Waals surface area contributed by atoms with Crippen LogP contribution in [0.15, 0.2) is 54.2 Å². The Labute approximate surface area is 135 Å². The summed E-state index contributed by atoms with van der Waals surface area (Å²) in [6.07, 6.45) is 3.81. The van der Waals surface area contributed by atoms with Gasteiger partial charge in [0.25, 0.3) is 0 Å². The first-order chi connectivity index (χ1) is 11.1. The van der Waals surface area contributed by atoms with Gasteiger partial charge < -0.3 is 4.90 Å². The Bertz CT molecular complexity index is 827. The van der Waals surface area contributed by atoms with E-state index in [9.17, 15) is 9.59 Å². The van der Waals surface area contributed by atoms with E-state index < -0.39 is 0 Å². The zero-order chi connectivity index (χ0) is 16.0. The first kappa shape index (κ1) is 13.9. The fraction of sp³-hybridized carbons (Fsp3) is 0.200. The van der Waals surface area contributed by atoms with Gasteiger partial charge in [0.2, 0.25) is 0 Å². The number of allylic oxidation sites excluding steroid dienone is 1. The average molecular weight is 303 g/mol. The van der Waals surface area contributed by atoms with Crippen molar-refractivity contribution >= 4 is 17.3 Å². The second kappa shape index (κ2) is 5.20. The maximum absolute atomic E-state index is 12.5. The summed E-state index contributed by atoms with van der Waals surface area (Å²) in [4.78, 5) is 27.1. The molecule has 0 N–H and O–H groups in total. The molecule has 3 nitrogen and oxygen atoms in total. The number of rotatable bonds is 1. The van der Waals surface area contributed by atoms with Crippen LogP contribution in [0.1, 0.15) is 38.3 Å². The van der Waals surface area contributed by atoms with E-state index in [0.29, 0.717) is 11.1 Å². The number of carbonyl (C=O) groups is 2. The summed E-state index contributed by atoms with van der Waals surface area (Å²) in [7, 11) is 0. The molecule has 0 bridgehead atoms. The molecule has 0 radical (unpaired) electrons. The van der Waals surface area contributed by atoms with Gasteiger partial charge in [0.1, 0.15) is 0 Å². The van der Waals surface area contributed by atoms with E-state index in [4.69, 9.17) is 0 Å². The molecule has 2 aromatic carbocycles. The first-order valence-corrected chi connectivity index (χ1v) is 7.91. The molecule has 0 fully saturated rings. The minimum atomic E-state index is -0.162. The number of aryl methyl sites for hydroxylation is 2. The number of hydrogen-bond donors (Lipinski definition) is 0. The molecule has 0 saturated heterocycles. The molecule has 2 aromatic rings. The van der Waals surface area contributed by atoms with Gasteiger partial charge in [0, 0.05) is 29.6 Å². The SMILES string of the molecule is Cc1ccc2c(c1)CCCN2C=C1C(=O)c2ccccc2C1=O. The van der Waals surface area contributed by atoms with Crippen molar-refractivity contribution < 1.29 is 9.59 Å². The van der Waals surface area contributed by atoms with E-state index >= 15 is 0 Å². The molecule has 1 aliphatic heterocycles. The van der Waals surface area contributed by atoms with Gasteiger partial charge >= 0.3 is 0 Å². The lowest BCUT2D eigenvalue weighted by molar-refractivity contribution is 0.0988. The molecular formula is C20H17NO2. The van der Waals surface area contributed by atoms with Crippen LogP contribution < -0.4 is 4.90 Å². The van der Waals surface area contributed by atoms with Crippen molar-refractivity contribution in [2.75, 3.05) is 11.4 Å². The smallest absolute Gasteiger partial charge is 0.199 e. The van der Waals surface area contributed by atoms with Crippen molar-refractivity contribution in [1.29, 1.82) is 0 Å². The number of Topliss-reactive ketones (excluding diaryl/α,β-unsaturated/α-hetero) is 2. The Morgan fingerprint density at radius 2 is 1.70 bits per heavy atom. The van der Waals surface area contributed by atoms with Gasteiger partial charge in [-0.1, -0.05) is 42.0 Å². The molecule has 4 rings (SSSR count). The van der Waals surface area contributed by atoms with Gasteiger partial charge in [-0.25, -0.2) is 0 Å². The topological polar surface area (TPSA) is 37.4 Å². The molecule has 0 saturated carbocycles. The van der Waals surface area contributed by atoms with Crippen LogP contribution in [0.2, 0.25) is 0 Å². The van der Waals surface area contributed by atoms with Crippen molar-refractivity contribution in [3.63, 3.8) is 0 Å². The van der Waals surface area contributed by atoms with Gasteiger partial charge in [-0.3, -0.25) is 9.59 Å². The summed E-state index contributed by atoms with van der Waals surface area (Å²) in [6.45, 7) is 2.91. The van der Waals surface area contributed by atoms with Crippen LogP contribution in [0.4, 0.5) is 5.69 Å². The van der Waals surface area contributed by atoms with Crippen LogP contribution in [0.5, 0.6) is 0 Å². The zero-order valence-electron chi connectivity index (χ0n) is 13.0. The van der Waals surface area contributed by atoms with Crippen molar-refractivity contribution in [1.82, 2.24) is 0 Å². The molecule has 0 amide bonds. The molecule has 1 aliphatic carbocycles. The van der Waals surface area contributed by atoms with Gasteiger partial charge in [-0.15, -0.1) is 0 Å².